The molecule has 0 aromatic heterocycles. The van der Waals surface area contributed by atoms with Crippen molar-refractivity contribution in [1.29, 1.82) is 0 Å². The first kappa shape index (κ1) is 11.8. The van der Waals surface area contributed by atoms with E-state index in [0.717, 1.165) is 41.1 Å². The molecular weight excluding hydrogens is 250 g/mol. The number of aromatic nitrogens is 3. The maximum Gasteiger partial charge on any atom is 0.0989 e. The van der Waals surface area contributed by atoms with Gasteiger partial charge in [0.15, 0.2) is 0 Å². The monoisotopic (exact) mass is 267 g/mol. The first-order valence-corrected chi connectivity index (χ1v) is 7.19. The van der Waals surface area contributed by atoms with Crippen molar-refractivity contribution in [3.63, 3.8) is 0 Å². The summed E-state index contributed by atoms with van der Waals surface area (Å²) in [5.41, 5.74) is 6.48. The second kappa shape index (κ2) is 4.01. The van der Waals surface area contributed by atoms with Crippen LogP contribution in [0.4, 0.5) is 0 Å². The Morgan fingerprint density at radius 3 is 2.75 bits per heavy atom. The molecule has 20 heavy (non-hydrogen) atoms. The van der Waals surface area contributed by atoms with Gasteiger partial charge in [-0.25, -0.2) is 0 Å². The zero-order chi connectivity index (χ0) is 13.9. The summed E-state index contributed by atoms with van der Waals surface area (Å²) in [6.45, 7) is 4.51. The average molecular weight is 267 g/mol. The van der Waals surface area contributed by atoms with Crippen molar-refractivity contribution < 1.29 is 5.11 Å². The van der Waals surface area contributed by atoms with Crippen LogP contribution in [0.2, 0.25) is 0 Å². The van der Waals surface area contributed by atoms with Crippen molar-refractivity contribution in [3.05, 3.63) is 34.6 Å². The molecule has 0 saturated carbocycles. The van der Waals surface area contributed by atoms with Gasteiger partial charge in [0.1, 0.15) is 0 Å². The van der Waals surface area contributed by atoms with E-state index >= 15 is 0 Å². The Bertz CT molecular complexity index is 705. The quantitative estimate of drug-likeness (QED) is 0.863. The summed E-state index contributed by atoms with van der Waals surface area (Å²) in [6.07, 6.45) is 6.04. The Labute approximate surface area is 117 Å². The van der Waals surface area contributed by atoms with Gasteiger partial charge in [0.05, 0.1) is 29.0 Å². The van der Waals surface area contributed by atoms with Crippen LogP contribution in [-0.2, 0) is 19.3 Å². The fourth-order valence-corrected chi connectivity index (χ4v) is 3.43. The third-order valence-electron chi connectivity index (χ3n) is 4.57. The molecule has 0 amide bonds. The second-order valence-electron chi connectivity index (χ2n) is 6.23. The van der Waals surface area contributed by atoms with Crippen molar-refractivity contribution in [2.24, 2.45) is 11.8 Å². The maximum absolute atomic E-state index is 9.87. The standard InChI is InChI=1S/C16H17N3O/c1-8(2)9-4-12-16-14(5-9)19-17-7-10-3-11(20)6-13(18-12)15(10)16/h3,7-9,20H,4-6H2,1-2H3. The lowest BCUT2D eigenvalue weighted by Gasteiger charge is -2.24. The van der Waals surface area contributed by atoms with Gasteiger partial charge in [-0.1, -0.05) is 13.8 Å². The highest BCUT2D eigenvalue weighted by Gasteiger charge is 2.33. The highest BCUT2D eigenvalue weighted by atomic mass is 16.3. The van der Waals surface area contributed by atoms with E-state index in [-0.39, 0.29) is 0 Å². The first-order valence-electron chi connectivity index (χ1n) is 7.19. The Balaban J connectivity index is 1.95. The number of aliphatic hydroxyl groups excluding tert-OH is 1. The number of allylic oxidation sites excluding steroid dienone is 1. The lowest BCUT2D eigenvalue weighted by Crippen LogP contribution is -2.20. The van der Waals surface area contributed by atoms with E-state index < -0.39 is 0 Å². The molecule has 1 unspecified atom stereocenters. The van der Waals surface area contributed by atoms with Crippen molar-refractivity contribution in [2.45, 2.75) is 33.1 Å². The molecule has 4 aliphatic rings. The molecule has 2 aliphatic heterocycles. The van der Waals surface area contributed by atoms with E-state index in [4.69, 9.17) is 4.98 Å². The first-order chi connectivity index (χ1) is 9.63. The molecular formula is C16H17N3O. The van der Waals surface area contributed by atoms with Crippen LogP contribution in [0, 0.1) is 11.8 Å². The van der Waals surface area contributed by atoms with Crippen LogP contribution in [0.3, 0.4) is 0 Å². The number of hydrogen-bond donors (Lipinski definition) is 1. The van der Waals surface area contributed by atoms with Gasteiger partial charge in [-0.15, -0.1) is 0 Å². The van der Waals surface area contributed by atoms with Gasteiger partial charge in [0.25, 0.3) is 0 Å². The molecule has 2 aliphatic carbocycles. The third-order valence-corrected chi connectivity index (χ3v) is 4.57. The SMILES string of the molecule is CC(C)C1Cc2nncc3c4c(nc(c2-4)C1)CC(O)=C3. The predicted octanol–water partition coefficient (Wildman–Crippen LogP) is 2.80. The average Bonchev–Trinajstić information content (AvgIpc) is 2.64. The molecule has 0 aromatic rings. The van der Waals surface area contributed by atoms with Crippen LogP contribution in [0.15, 0.2) is 12.0 Å². The maximum atomic E-state index is 9.87. The molecule has 4 heteroatoms. The van der Waals surface area contributed by atoms with Crippen LogP contribution in [0.1, 0.15) is 36.5 Å². The minimum Gasteiger partial charge on any atom is -0.512 e. The number of nitrogens with zero attached hydrogens (tertiary/aromatic N) is 3. The largest absolute Gasteiger partial charge is 0.512 e. The molecule has 0 fully saturated rings. The molecule has 0 spiro atoms. The smallest absolute Gasteiger partial charge is 0.0989 e. The molecule has 2 heterocycles. The summed E-state index contributed by atoms with van der Waals surface area (Å²) in [5.74, 6) is 1.55. The molecule has 0 bridgehead atoms. The van der Waals surface area contributed by atoms with Crippen LogP contribution in [-0.4, -0.2) is 20.3 Å². The molecule has 0 radical (unpaired) electrons. The second-order valence-corrected chi connectivity index (χ2v) is 6.23. The summed E-state index contributed by atoms with van der Waals surface area (Å²) in [6, 6.07) is 0. The number of aliphatic hydroxyl groups is 1. The van der Waals surface area contributed by atoms with E-state index in [2.05, 4.69) is 24.0 Å². The minimum absolute atomic E-state index is 0.359. The molecule has 4 rings (SSSR count). The zero-order valence-electron chi connectivity index (χ0n) is 11.7. The predicted molar refractivity (Wildman–Crippen MR) is 76.5 cm³/mol. The number of rotatable bonds is 1. The molecule has 1 N–H and O–H groups in total. The molecule has 102 valence electrons. The molecule has 0 aromatic carbocycles. The summed E-state index contributed by atoms with van der Waals surface area (Å²) in [4.78, 5) is 4.79. The van der Waals surface area contributed by atoms with Crippen molar-refractivity contribution in [1.82, 2.24) is 15.2 Å². The third kappa shape index (κ3) is 1.57. The van der Waals surface area contributed by atoms with Gasteiger partial charge in [-0.3, -0.25) is 4.98 Å². The fourth-order valence-electron chi connectivity index (χ4n) is 3.43. The Morgan fingerprint density at radius 2 is 1.95 bits per heavy atom. The lowest BCUT2D eigenvalue weighted by atomic mass is 9.79. The van der Waals surface area contributed by atoms with Crippen molar-refractivity contribution >= 4 is 6.08 Å². The Hall–Kier alpha value is -1.97. The Kier molecular flexibility index (Phi) is 2.37. The van der Waals surface area contributed by atoms with Gasteiger partial charge in [-0.2, -0.15) is 10.2 Å². The van der Waals surface area contributed by atoms with Gasteiger partial charge in [0.2, 0.25) is 0 Å². The van der Waals surface area contributed by atoms with E-state index in [9.17, 15) is 5.11 Å². The van der Waals surface area contributed by atoms with Crippen molar-refractivity contribution in [3.8, 4) is 11.1 Å². The van der Waals surface area contributed by atoms with E-state index in [0.29, 0.717) is 24.0 Å². The van der Waals surface area contributed by atoms with Crippen LogP contribution in [0.25, 0.3) is 17.2 Å². The summed E-state index contributed by atoms with van der Waals surface area (Å²) >= 11 is 0. The fraction of sp³-hybridized carbons (Fsp3) is 0.438. The Morgan fingerprint density at radius 1 is 1.15 bits per heavy atom. The van der Waals surface area contributed by atoms with Crippen LogP contribution in [0.5, 0.6) is 0 Å². The lowest BCUT2D eigenvalue weighted by molar-refractivity contribution is 0.366. The normalized spacial score (nSPS) is 20.4. The zero-order valence-corrected chi connectivity index (χ0v) is 11.7. The van der Waals surface area contributed by atoms with Gasteiger partial charge in [0, 0.05) is 23.1 Å². The highest BCUT2D eigenvalue weighted by Crippen LogP contribution is 2.43. The van der Waals surface area contributed by atoms with Crippen LogP contribution >= 0.6 is 0 Å². The summed E-state index contributed by atoms with van der Waals surface area (Å²) in [7, 11) is 0. The topological polar surface area (TPSA) is 58.9 Å². The molecule has 1 atom stereocenters. The van der Waals surface area contributed by atoms with E-state index in [1.807, 2.05) is 0 Å². The summed E-state index contributed by atoms with van der Waals surface area (Å²) < 4.78 is 0. The van der Waals surface area contributed by atoms with Gasteiger partial charge >= 0.3 is 0 Å². The molecule has 4 nitrogen and oxygen atoms in total. The van der Waals surface area contributed by atoms with Gasteiger partial charge in [-0.05, 0) is 30.8 Å². The minimum atomic E-state index is 0.359. The van der Waals surface area contributed by atoms with Crippen LogP contribution < -0.4 is 0 Å². The highest BCUT2D eigenvalue weighted by molar-refractivity contribution is 5.84. The summed E-state index contributed by atoms with van der Waals surface area (Å²) in [5, 5.41) is 18.5. The van der Waals surface area contributed by atoms with E-state index in [1.54, 1.807) is 12.3 Å². The number of hydrogen-bond acceptors (Lipinski definition) is 4. The van der Waals surface area contributed by atoms with E-state index in [1.165, 1.54) is 5.56 Å². The van der Waals surface area contributed by atoms with Crippen molar-refractivity contribution in [2.75, 3.05) is 0 Å². The van der Waals surface area contributed by atoms with Gasteiger partial charge < -0.3 is 5.11 Å². The molecule has 0 saturated heterocycles.